The van der Waals surface area contributed by atoms with Gasteiger partial charge < -0.3 is 4.98 Å². The molecule has 0 saturated carbocycles. The second-order valence-corrected chi connectivity index (χ2v) is 8.15. The number of halogens is 5. The number of alkyl halides is 3. The van der Waals surface area contributed by atoms with E-state index in [9.17, 15) is 27.2 Å². The number of imidazole rings is 1. The fourth-order valence-corrected chi connectivity index (χ4v) is 3.85. The molecule has 1 aromatic carbocycles. The van der Waals surface area contributed by atoms with Crippen LogP contribution in [0.25, 0.3) is 11.2 Å². The number of benzene rings is 1. The minimum Gasteiger partial charge on any atom is -0.323 e. The van der Waals surface area contributed by atoms with Crippen molar-refractivity contribution in [3.8, 4) is 0 Å². The summed E-state index contributed by atoms with van der Waals surface area (Å²) in [5.74, 6) is -0.920. The Hall–Kier alpha value is -3.55. The predicted molar refractivity (Wildman–Crippen MR) is 117 cm³/mol. The molecule has 0 spiro atoms. The first-order valence-corrected chi connectivity index (χ1v) is 11.0. The van der Waals surface area contributed by atoms with Crippen molar-refractivity contribution in [3.05, 3.63) is 67.1 Å². The third kappa shape index (κ3) is 5.26. The maximum Gasteiger partial charge on any atom is 0.416 e. The lowest BCUT2D eigenvalue weighted by Gasteiger charge is -2.10. The SMILES string of the molecule is CCCn1c(=O)n(CCCn2nnc(Cc3cc(F)cc(C(F)(F)F)c3)n2)c(=O)c2[nH]c(Cl)nc21. The number of rotatable bonds is 8. The fraction of sp³-hybridized carbons (Fsp3) is 0.400. The number of fused-ring (bicyclic) bond motifs is 1. The number of hydrogen-bond acceptors (Lipinski definition) is 6. The van der Waals surface area contributed by atoms with Crippen molar-refractivity contribution in [1.82, 2.24) is 39.3 Å². The van der Waals surface area contributed by atoms with Crippen LogP contribution in [0.3, 0.4) is 0 Å². The Bertz CT molecular complexity index is 1490. The molecule has 0 aliphatic rings. The van der Waals surface area contributed by atoms with Gasteiger partial charge in [-0.3, -0.25) is 13.9 Å². The number of nitrogens with zero attached hydrogens (tertiary/aromatic N) is 7. The first-order chi connectivity index (χ1) is 16.6. The van der Waals surface area contributed by atoms with E-state index in [1.807, 2.05) is 6.92 Å². The van der Waals surface area contributed by atoms with Crippen molar-refractivity contribution < 1.29 is 17.6 Å². The van der Waals surface area contributed by atoms with Gasteiger partial charge in [-0.1, -0.05) is 6.92 Å². The van der Waals surface area contributed by atoms with Crippen LogP contribution in [0.5, 0.6) is 0 Å². The zero-order valence-corrected chi connectivity index (χ0v) is 19.1. The molecule has 0 saturated heterocycles. The van der Waals surface area contributed by atoms with Crippen LogP contribution in [-0.4, -0.2) is 39.3 Å². The molecule has 0 aliphatic heterocycles. The Morgan fingerprint density at radius 3 is 2.57 bits per heavy atom. The van der Waals surface area contributed by atoms with Crippen molar-refractivity contribution in [2.24, 2.45) is 0 Å². The molecule has 0 fully saturated rings. The fourth-order valence-electron chi connectivity index (χ4n) is 3.67. The van der Waals surface area contributed by atoms with Gasteiger partial charge in [-0.05, 0) is 53.4 Å². The van der Waals surface area contributed by atoms with Gasteiger partial charge in [-0.15, -0.1) is 10.2 Å². The second-order valence-electron chi connectivity index (χ2n) is 7.80. The van der Waals surface area contributed by atoms with Gasteiger partial charge >= 0.3 is 11.9 Å². The summed E-state index contributed by atoms with van der Waals surface area (Å²) >= 11 is 5.88. The van der Waals surface area contributed by atoms with E-state index >= 15 is 0 Å². The molecule has 186 valence electrons. The summed E-state index contributed by atoms with van der Waals surface area (Å²) in [5.41, 5.74) is -1.82. The van der Waals surface area contributed by atoms with E-state index in [2.05, 4.69) is 25.4 Å². The van der Waals surface area contributed by atoms with Gasteiger partial charge in [-0.2, -0.15) is 23.0 Å². The highest BCUT2D eigenvalue weighted by Gasteiger charge is 2.31. The van der Waals surface area contributed by atoms with Crippen molar-refractivity contribution in [1.29, 1.82) is 0 Å². The summed E-state index contributed by atoms with van der Waals surface area (Å²) in [7, 11) is 0. The number of nitrogens with one attached hydrogen (secondary N) is 1. The lowest BCUT2D eigenvalue weighted by molar-refractivity contribution is -0.137. The van der Waals surface area contributed by atoms with Crippen LogP contribution in [0, 0.1) is 5.82 Å². The minimum absolute atomic E-state index is 0.000834. The van der Waals surface area contributed by atoms with Crippen LogP contribution >= 0.6 is 11.6 Å². The first-order valence-electron chi connectivity index (χ1n) is 10.6. The molecule has 4 aromatic rings. The second kappa shape index (κ2) is 9.60. The maximum atomic E-state index is 13.6. The zero-order valence-electron chi connectivity index (χ0n) is 18.3. The number of hydrogen-bond donors (Lipinski definition) is 1. The summed E-state index contributed by atoms with van der Waals surface area (Å²) in [6, 6.07) is 2.22. The zero-order chi connectivity index (χ0) is 25.3. The summed E-state index contributed by atoms with van der Waals surface area (Å²) in [4.78, 5) is 33.5. The summed E-state index contributed by atoms with van der Waals surface area (Å²) in [6.45, 7) is 2.44. The van der Waals surface area contributed by atoms with E-state index in [4.69, 9.17) is 11.6 Å². The standard InChI is InChI=1S/C20H19ClF4N8O2/c1-2-4-31-16-15(26-18(21)27-16)17(34)32(19(31)35)5-3-6-33-29-14(28-30-33)9-11-7-12(20(23,24)25)10-13(22)8-11/h7-8,10H,2-6,9H2,1H3,(H,26,27). The van der Waals surface area contributed by atoms with Crippen molar-refractivity contribution in [2.75, 3.05) is 0 Å². The molecule has 0 amide bonds. The van der Waals surface area contributed by atoms with Gasteiger partial charge in [0, 0.05) is 19.5 Å². The molecule has 15 heteroatoms. The number of tetrazole rings is 1. The average Bonchev–Trinajstić information content (AvgIpc) is 3.39. The Morgan fingerprint density at radius 1 is 1.09 bits per heavy atom. The molecule has 0 atom stereocenters. The highest BCUT2D eigenvalue weighted by molar-refractivity contribution is 6.28. The summed E-state index contributed by atoms with van der Waals surface area (Å²) < 4.78 is 54.8. The summed E-state index contributed by atoms with van der Waals surface area (Å²) in [6.07, 6.45) is -3.92. The minimum atomic E-state index is -4.68. The molecule has 3 aromatic heterocycles. The van der Waals surface area contributed by atoms with Crippen LogP contribution in [0.2, 0.25) is 5.28 Å². The highest BCUT2D eigenvalue weighted by Crippen LogP contribution is 2.30. The molecule has 3 heterocycles. The van der Waals surface area contributed by atoms with E-state index in [0.29, 0.717) is 19.0 Å². The molecule has 0 bridgehead atoms. The quantitative estimate of drug-likeness (QED) is 0.285. The van der Waals surface area contributed by atoms with Gasteiger partial charge in [0.15, 0.2) is 17.0 Å². The Morgan fingerprint density at radius 2 is 1.86 bits per heavy atom. The number of aromatic nitrogens is 8. The van der Waals surface area contributed by atoms with Crippen LogP contribution in [0.4, 0.5) is 17.6 Å². The van der Waals surface area contributed by atoms with Gasteiger partial charge in [0.05, 0.1) is 12.1 Å². The summed E-state index contributed by atoms with van der Waals surface area (Å²) in [5, 5.41) is 11.7. The first kappa shape index (κ1) is 24.6. The van der Waals surface area contributed by atoms with Crippen molar-refractivity contribution in [3.63, 3.8) is 0 Å². The topological polar surface area (TPSA) is 116 Å². The molecular weight excluding hydrogens is 496 g/mol. The van der Waals surface area contributed by atoms with Crippen molar-refractivity contribution >= 4 is 22.8 Å². The third-order valence-electron chi connectivity index (χ3n) is 5.16. The Balaban J connectivity index is 1.47. The largest absolute Gasteiger partial charge is 0.416 e. The molecule has 0 unspecified atom stereocenters. The monoisotopic (exact) mass is 514 g/mol. The predicted octanol–water partition coefficient (Wildman–Crippen LogP) is 2.78. The molecule has 0 radical (unpaired) electrons. The van der Waals surface area contributed by atoms with Crippen molar-refractivity contribution in [2.45, 2.75) is 52.0 Å². The Labute approximate surface area is 199 Å². The van der Waals surface area contributed by atoms with Crippen LogP contribution in [0.15, 0.2) is 27.8 Å². The molecule has 10 nitrogen and oxygen atoms in total. The normalized spacial score (nSPS) is 12.1. The average molecular weight is 515 g/mol. The van der Waals surface area contributed by atoms with Crippen LogP contribution in [-0.2, 0) is 32.2 Å². The molecular formula is C20H19ClF4N8O2. The number of aryl methyl sites for hydroxylation is 2. The van der Waals surface area contributed by atoms with Gasteiger partial charge in [-0.25, -0.2) is 9.18 Å². The van der Waals surface area contributed by atoms with Crippen LogP contribution in [0.1, 0.15) is 36.7 Å². The van der Waals surface area contributed by atoms with E-state index < -0.39 is 28.8 Å². The number of H-pyrrole nitrogens is 1. The molecule has 4 rings (SSSR count). The van der Waals surface area contributed by atoms with E-state index in [1.165, 1.54) is 9.36 Å². The molecule has 35 heavy (non-hydrogen) atoms. The van der Waals surface area contributed by atoms with Gasteiger partial charge in [0.2, 0.25) is 5.28 Å². The van der Waals surface area contributed by atoms with E-state index in [-0.39, 0.29) is 53.8 Å². The molecule has 1 N–H and O–H groups in total. The maximum absolute atomic E-state index is 13.6. The van der Waals surface area contributed by atoms with Crippen LogP contribution < -0.4 is 11.2 Å². The smallest absolute Gasteiger partial charge is 0.323 e. The number of aromatic amines is 1. The lowest BCUT2D eigenvalue weighted by atomic mass is 10.1. The Kier molecular flexibility index (Phi) is 6.74. The van der Waals surface area contributed by atoms with Gasteiger partial charge in [0.1, 0.15) is 5.82 Å². The van der Waals surface area contributed by atoms with E-state index in [1.54, 1.807) is 0 Å². The van der Waals surface area contributed by atoms with E-state index in [0.717, 1.165) is 16.7 Å². The van der Waals surface area contributed by atoms with Gasteiger partial charge in [0.25, 0.3) is 5.56 Å². The molecule has 0 aliphatic carbocycles. The highest BCUT2D eigenvalue weighted by atomic mass is 35.5. The lowest BCUT2D eigenvalue weighted by Crippen LogP contribution is -2.40. The third-order valence-corrected chi connectivity index (χ3v) is 5.34.